The number of β-amino-alcohol motifs (C(OH)–C–C–N with tert-alkyl or cyclic N) is 2. The van der Waals surface area contributed by atoms with Crippen LogP contribution in [0, 0.1) is 0 Å². The van der Waals surface area contributed by atoms with Gasteiger partial charge in [0.1, 0.15) is 16.8 Å². The summed E-state index contributed by atoms with van der Waals surface area (Å²) < 4.78 is 146. The van der Waals surface area contributed by atoms with Crippen LogP contribution in [0.4, 0.5) is 0 Å². The number of halogens is 1. The van der Waals surface area contributed by atoms with E-state index in [0.717, 1.165) is 106 Å². The van der Waals surface area contributed by atoms with Gasteiger partial charge >= 0.3 is 0 Å². The Kier molecular flexibility index (Phi) is 35.1. The number of carbonyl (C=O) groups excluding carboxylic acids is 1. The molecule has 45 heteroatoms. The number of methoxy groups -OCH3 is 4. The number of nitrogens with zero attached hydrogens (tertiary/aromatic N) is 4. The largest absolute Gasteiger partial charge is 0.387 e. The molecule has 0 saturated carbocycles. The van der Waals surface area contributed by atoms with Crippen molar-refractivity contribution in [1.82, 2.24) is 22.5 Å². The number of fused-ring (bicyclic) bond motifs is 4. The summed E-state index contributed by atoms with van der Waals surface area (Å²) in [4.78, 5) is 28.0. The van der Waals surface area contributed by atoms with Gasteiger partial charge < -0.3 is 34.5 Å². The second-order valence-corrected chi connectivity index (χ2v) is 34.3. The van der Waals surface area contributed by atoms with Crippen LogP contribution in [0.1, 0.15) is 77.9 Å². The van der Waals surface area contributed by atoms with Crippen LogP contribution in [-0.2, 0) is 96.3 Å². The Morgan fingerprint density at radius 2 is 0.816 bits per heavy atom. The average molecular weight is 1580 g/mol. The summed E-state index contributed by atoms with van der Waals surface area (Å²) in [5.74, 6) is 18.8. The quantitative estimate of drug-likeness (QED) is 0.0128. The molecule has 4 aliphatic heterocycles. The molecule has 11 N–H and O–H groups in total. The number of carbonyl (C=O) groups is 1. The van der Waals surface area contributed by atoms with E-state index in [1.54, 1.807) is 39.5 Å². The van der Waals surface area contributed by atoms with Crippen LogP contribution in [0.15, 0.2) is 57.9 Å². The van der Waals surface area contributed by atoms with Crippen molar-refractivity contribution in [3.8, 4) is 0 Å². The molecule has 3 atom stereocenters. The predicted molar refractivity (Wildman–Crippen MR) is 333 cm³/mol. The van der Waals surface area contributed by atoms with Crippen LogP contribution in [0.2, 0.25) is 0 Å². The molecule has 0 amide bonds. The Bertz CT molecular complexity index is 3120. The summed E-state index contributed by atoms with van der Waals surface area (Å²) in [6.07, 6.45) is 0.575. The molecular formula is C42H68IN9O23S12. The number of likely N-dealkylation sites (N-methyl/N-ethyl adjacent to an activating group) is 1. The van der Waals surface area contributed by atoms with E-state index in [1.165, 1.54) is 30.4 Å². The number of ketones is 1. The summed E-state index contributed by atoms with van der Waals surface area (Å²) in [6, 6.07) is 6.36. The lowest BCUT2D eigenvalue weighted by Crippen LogP contribution is -2.43. The van der Waals surface area contributed by atoms with E-state index in [4.69, 9.17) is 42.5 Å². The zero-order valence-corrected chi connectivity index (χ0v) is 59.1. The standard InChI is InChI=1S/C12H21N3O5S3.2C10H16N2O6S3.C10H14N2O6S3.HI/c1-3-14-10-8-15(5-4-6-18-2)23(16,17)12-9(10)7-11(21-12)22-20-19-13;3*1-16-4-2-3-12-6-8(13)7-5-9(20-18-17-11)19-10(7)21(12,14)15;/h7,10,14H,3-6,8,13H2,1-2H3;2*5,8,13H,2-4,6,11H2,1H3;5H,2-4,6,11H2,1H3;1H/t10-;8-;;;/m01.../s1. The van der Waals surface area contributed by atoms with Gasteiger partial charge in [-0.1, -0.05) is 6.92 Å². The highest BCUT2D eigenvalue weighted by Gasteiger charge is 2.42. The lowest BCUT2D eigenvalue weighted by atomic mass is 10.1. The average Bonchev–Trinajstić information content (AvgIpc) is 2.00. The van der Waals surface area contributed by atoms with Gasteiger partial charge in [-0.05, 0) is 56.5 Å². The van der Waals surface area contributed by atoms with Crippen molar-refractivity contribution in [2.75, 3.05) is 114 Å². The van der Waals surface area contributed by atoms with Crippen molar-refractivity contribution in [2.24, 2.45) is 23.6 Å². The van der Waals surface area contributed by atoms with E-state index in [9.17, 15) is 48.7 Å². The molecule has 87 heavy (non-hydrogen) atoms. The van der Waals surface area contributed by atoms with Crippen molar-refractivity contribution >= 4 is 163 Å². The fraction of sp³-hybridized carbons (Fsp3) is 0.595. The van der Waals surface area contributed by atoms with Crippen molar-refractivity contribution in [3.63, 3.8) is 0 Å². The minimum Gasteiger partial charge on any atom is -0.387 e. The Labute approximate surface area is 554 Å². The molecule has 498 valence electrons. The molecule has 0 aliphatic carbocycles. The number of hydrogen-bond donors (Lipinski definition) is 7. The first-order valence-corrected chi connectivity index (χ1v) is 37.0. The summed E-state index contributed by atoms with van der Waals surface area (Å²) >= 11 is 7.37. The van der Waals surface area contributed by atoms with E-state index in [0.29, 0.717) is 110 Å². The number of thiophene rings is 4. The van der Waals surface area contributed by atoms with E-state index in [-0.39, 0.29) is 80.2 Å². The normalized spacial score (nSPS) is 20.1. The highest BCUT2D eigenvalue weighted by molar-refractivity contribution is 14.0. The van der Waals surface area contributed by atoms with Crippen molar-refractivity contribution in [2.45, 2.75) is 84.5 Å². The van der Waals surface area contributed by atoms with E-state index in [1.807, 2.05) is 6.92 Å². The SMILES string of the molecule is CCN[C@H]1CN(CCCOC)S(=O)(=O)c2sc(SOON)cc21.COCCCN1CC(=O)c2cc(SOON)sc2S1(=O)=O.COCCCN1CC(O)c2cc(SOON)sc2S1(=O)=O.COCCCN1C[C@@H](O)c2cc(SOON)sc2S1(=O)=O.I. The number of ether oxygens (including phenoxy) is 4. The zero-order chi connectivity index (χ0) is 63.2. The molecule has 0 spiro atoms. The second kappa shape index (κ2) is 38.7. The van der Waals surface area contributed by atoms with Crippen molar-refractivity contribution in [1.29, 1.82) is 0 Å². The van der Waals surface area contributed by atoms with Crippen molar-refractivity contribution in [3.05, 3.63) is 46.5 Å². The molecule has 4 aliphatic rings. The van der Waals surface area contributed by atoms with Gasteiger partial charge in [-0.15, -0.1) is 107 Å². The molecule has 0 aromatic carbocycles. The summed E-state index contributed by atoms with van der Waals surface area (Å²) in [5.41, 5.74) is 1.71. The molecule has 0 bridgehead atoms. The maximum Gasteiger partial charge on any atom is 0.253 e. The van der Waals surface area contributed by atoms with Gasteiger partial charge in [0.05, 0.1) is 89.3 Å². The number of nitrogens with two attached hydrogens (primary N) is 4. The van der Waals surface area contributed by atoms with Gasteiger partial charge in [-0.3, -0.25) is 4.79 Å². The van der Waals surface area contributed by atoms with Gasteiger partial charge in [-0.25, -0.2) is 33.7 Å². The number of sulfonamides is 4. The monoisotopic (exact) mass is 1580 g/mol. The third-order valence-electron chi connectivity index (χ3n) is 12.0. The lowest BCUT2D eigenvalue weighted by molar-refractivity contribution is -0.195. The molecule has 0 radical (unpaired) electrons. The molecule has 32 nitrogen and oxygen atoms in total. The third-order valence-corrected chi connectivity index (χ3v) is 28.9. The van der Waals surface area contributed by atoms with Crippen LogP contribution in [0.5, 0.6) is 0 Å². The first kappa shape index (κ1) is 78.9. The summed E-state index contributed by atoms with van der Waals surface area (Å²) in [7, 11) is -8.13. The van der Waals surface area contributed by atoms with Gasteiger partial charge in [0.2, 0.25) is 0 Å². The molecule has 8 rings (SSSR count). The van der Waals surface area contributed by atoms with E-state index < -0.39 is 52.3 Å². The molecule has 8 heterocycles. The topological polar surface area (TPSA) is 434 Å². The number of Topliss-reactive ketones (excluding diaryl/α,β-unsaturated/α-hetero) is 1. The predicted octanol–water partition coefficient (Wildman–Crippen LogP) is 3.99. The van der Waals surface area contributed by atoms with E-state index >= 15 is 0 Å². The van der Waals surface area contributed by atoms with Gasteiger partial charge in [0, 0.05) is 123 Å². The Balaban J connectivity index is 0.000000247. The smallest absolute Gasteiger partial charge is 0.253 e. The molecule has 4 aromatic heterocycles. The minimum atomic E-state index is -3.67. The van der Waals surface area contributed by atoms with Crippen LogP contribution in [0.25, 0.3) is 0 Å². The highest BCUT2D eigenvalue weighted by atomic mass is 127. The number of aliphatic hydroxyl groups is 2. The fourth-order valence-electron chi connectivity index (χ4n) is 8.30. The van der Waals surface area contributed by atoms with Crippen LogP contribution < -0.4 is 28.9 Å². The second-order valence-electron chi connectivity index (χ2n) is 17.6. The van der Waals surface area contributed by atoms with Crippen LogP contribution in [-0.4, -0.2) is 181 Å². The van der Waals surface area contributed by atoms with E-state index in [2.05, 4.69) is 42.6 Å². The number of hydrogen-bond acceptors (Lipinski definition) is 36. The molecule has 0 saturated heterocycles. The van der Waals surface area contributed by atoms with Gasteiger partial charge in [0.25, 0.3) is 40.1 Å². The fourth-order valence-corrected chi connectivity index (χ4v) is 24.3. The molecular weight excluding hydrogens is 1510 g/mol. The Hall–Kier alpha value is -0.520. The van der Waals surface area contributed by atoms with Gasteiger partial charge in [-0.2, -0.15) is 40.8 Å². The van der Waals surface area contributed by atoms with Gasteiger partial charge in [0.15, 0.2) is 5.78 Å². The third kappa shape index (κ3) is 21.5. The summed E-state index contributed by atoms with van der Waals surface area (Å²) in [6.45, 7) is 6.21. The first-order valence-electron chi connectivity index (χ1n) is 25.0. The number of aliphatic hydroxyl groups excluding tert-OH is 2. The van der Waals surface area contributed by atoms with Crippen molar-refractivity contribution < 1.29 is 105 Å². The summed E-state index contributed by atoms with van der Waals surface area (Å²) in [5, 5.41) is 23.6. The number of rotatable bonds is 30. The molecule has 0 fully saturated rings. The van der Waals surface area contributed by atoms with Crippen LogP contribution in [0.3, 0.4) is 0 Å². The lowest BCUT2D eigenvalue weighted by Gasteiger charge is -2.32. The van der Waals surface area contributed by atoms with Crippen LogP contribution >= 0.6 is 117 Å². The number of nitrogens with one attached hydrogen (secondary N) is 1. The Morgan fingerprint density at radius 1 is 0.506 bits per heavy atom. The molecule has 1 unspecified atom stereocenters. The Morgan fingerprint density at radius 3 is 1.17 bits per heavy atom. The zero-order valence-electron chi connectivity index (χ0n) is 46.9. The first-order chi connectivity index (χ1) is 41.0. The highest BCUT2D eigenvalue weighted by Crippen LogP contribution is 2.45. The minimum absolute atomic E-state index is 0. The maximum atomic E-state index is 12.8. The molecule has 4 aromatic rings. The maximum absolute atomic E-state index is 12.8.